The van der Waals surface area contributed by atoms with E-state index in [0.29, 0.717) is 0 Å². The molecule has 0 aromatic rings. The van der Waals surface area contributed by atoms with Gasteiger partial charge in [-0.2, -0.15) is 0 Å². The van der Waals surface area contributed by atoms with Gasteiger partial charge in [0.2, 0.25) is 0 Å². The second-order valence-corrected chi connectivity index (χ2v) is 9.61. The van der Waals surface area contributed by atoms with Gasteiger partial charge in [0.1, 0.15) is 0 Å². The molecule has 9 heavy (non-hydrogen) atoms. The Morgan fingerprint density at radius 2 is 2.00 bits per heavy atom. The van der Waals surface area contributed by atoms with Crippen LogP contribution >= 0.6 is 15.9 Å². The van der Waals surface area contributed by atoms with Gasteiger partial charge in [-0.1, -0.05) is 41.6 Å². The molecular formula is C6H13BrOSi. The third-order valence-corrected chi connectivity index (χ3v) is 6.52. The molecule has 0 rings (SSSR count). The topological polar surface area (TPSA) is 20.2 Å². The van der Waals surface area contributed by atoms with Gasteiger partial charge >= 0.3 is 0 Å². The number of aliphatic hydroxyl groups excluding tert-OH is 1. The summed E-state index contributed by atoms with van der Waals surface area (Å²) >= 11 is 3.42. The zero-order valence-electron chi connectivity index (χ0n) is 6.11. The van der Waals surface area contributed by atoms with Crippen LogP contribution in [0.4, 0.5) is 0 Å². The maximum absolute atomic E-state index is 8.52. The molecule has 0 aliphatic rings. The SMILES string of the molecule is C[Si](C)(C)C(Br)=CCO. The molecule has 0 radical (unpaired) electrons. The number of aliphatic hydroxyl groups is 1. The van der Waals surface area contributed by atoms with Gasteiger partial charge < -0.3 is 5.11 Å². The first-order valence-electron chi connectivity index (χ1n) is 2.95. The molecule has 0 saturated heterocycles. The van der Waals surface area contributed by atoms with Crippen LogP contribution in [0.3, 0.4) is 0 Å². The highest BCUT2D eigenvalue weighted by Gasteiger charge is 2.15. The van der Waals surface area contributed by atoms with Crippen molar-refractivity contribution < 1.29 is 5.11 Å². The quantitative estimate of drug-likeness (QED) is 0.691. The minimum Gasteiger partial charge on any atom is -0.392 e. The number of hydrogen-bond acceptors (Lipinski definition) is 1. The summed E-state index contributed by atoms with van der Waals surface area (Å²) in [5, 5.41) is 8.52. The first-order chi connectivity index (χ1) is 3.98. The Bertz CT molecular complexity index is 115. The van der Waals surface area contributed by atoms with Crippen LogP contribution in [0.15, 0.2) is 10.2 Å². The van der Waals surface area contributed by atoms with E-state index in [1.54, 1.807) is 0 Å². The molecule has 1 N–H and O–H groups in total. The Balaban J connectivity index is 4.03. The third kappa shape index (κ3) is 3.89. The fourth-order valence-corrected chi connectivity index (χ4v) is 1.23. The van der Waals surface area contributed by atoms with Crippen LogP contribution in [0.1, 0.15) is 0 Å². The van der Waals surface area contributed by atoms with E-state index in [4.69, 9.17) is 5.11 Å². The molecule has 3 heteroatoms. The zero-order valence-corrected chi connectivity index (χ0v) is 8.70. The normalized spacial score (nSPS) is 14.1. The third-order valence-electron chi connectivity index (χ3n) is 0.987. The van der Waals surface area contributed by atoms with E-state index in [9.17, 15) is 0 Å². The molecule has 1 nitrogen and oxygen atoms in total. The van der Waals surface area contributed by atoms with Crippen LogP contribution in [0.5, 0.6) is 0 Å². The molecule has 54 valence electrons. The van der Waals surface area contributed by atoms with E-state index in [1.807, 2.05) is 6.08 Å². The predicted octanol–water partition coefficient (Wildman–Crippen LogP) is 2.13. The number of rotatable bonds is 2. The van der Waals surface area contributed by atoms with Crippen LogP contribution in [0.2, 0.25) is 19.6 Å². The molecule has 0 unspecified atom stereocenters. The maximum atomic E-state index is 8.52. The summed E-state index contributed by atoms with van der Waals surface area (Å²) in [4.78, 5) is 0. The minimum atomic E-state index is -1.16. The lowest BCUT2D eigenvalue weighted by molar-refractivity contribution is 0.342. The molecule has 0 aliphatic heterocycles. The van der Waals surface area contributed by atoms with E-state index in [2.05, 4.69) is 35.6 Å². The average molecular weight is 209 g/mol. The van der Waals surface area contributed by atoms with Gasteiger partial charge in [0.25, 0.3) is 0 Å². The maximum Gasteiger partial charge on any atom is 0.0862 e. The molecule has 0 amide bonds. The monoisotopic (exact) mass is 208 g/mol. The van der Waals surface area contributed by atoms with Gasteiger partial charge in [-0.3, -0.25) is 0 Å². The predicted molar refractivity (Wildman–Crippen MR) is 47.4 cm³/mol. The zero-order chi connectivity index (χ0) is 7.49. The second-order valence-electron chi connectivity index (χ2n) is 2.98. The molecule has 0 bridgehead atoms. The number of halogens is 1. The van der Waals surface area contributed by atoms with Crippen LogP contribution < -0.4 is 0 Å². The standard InChI is InChI=1S/C6H13BrOSi/c1-9(2,3)6(7)4-5-8/h4,8H,5H2,1-3H3. The van der Waals surface area contributed by atoms with Crippen molar-refractivity contribution in [2.24, 2.45) is 0 Å². The molecule has 0 aromatic heterocycles. The van der Waals surface area contributed by atoms with Crippen molar-refractivity contribution in [3.8, 4) is 0 Å². The first-order valence-corrected chi connectivity index (χ1v) is 7.25. The van der Waals surface area contributed by atoms with E-state index in [0.717, 1.165) is 0 Å². The van der Waals surface area contributed by atoms with E-state index >= 15 is 0 Å². The summed E-state index contributed by atoms with van der Waals surface area (Å²) in [5.74, 6) is 0. The van der Waals surface area contributed by atoms with Crippen molar-refractivity contribution in [2.45, 2.75) is 19.6 Å². The molecule has 0 aromatic carbocycles. The molecular weight excluding hydrogens is 196 g/mol. The summed E-state index contributed by atoms with van der Waals surface area (Å²) in [6.45, 7) is 6.82. The van der Waals surface area contributed by atoms with Crippen molar-refractivity contribution in [3.63, 3.8) is 0 Å². The Morgan fingerprint density at radius 3 is 2.11 bits per heavy atom. The Hall–Kier alpha value is 0.397. The molecule has 0 atom stereocenters. The highest BCUT2D eigenvalue weighted by Crippen LogP contribution is 2.19. The summed E-state index contributed by atoms with van der Waals surface area (Å²) in [5.41, 5.74) is 0. The Labute approximate surface area is 65.9 Å². The molecule has 0 aliphatic carbocycles. The fraction of sp³-hybridized carbons (Fsp3) is 0.667. The van der Waals surface area contributed by atoms with Crippen molar-refractivity contribution in [1.29, 1.82) is 0 Å². The minimum absolute atomic E-state index is 0.144. The molecule has 0 heterocycles. The smallest absolute Gasteiger partial charge is 0.0862 e. The summed E-state index contributed by atoms with van der Waals surface area (Å²) < 4.78 is 1.19. The van der Waals surface area contributed by atoms with E-state index in [-0.39, 0.29) is 6.61 Å². The highest BCUT2D eigenvalue weighted by molar-refractivity contribution is 9.12. The summed E-state index contributed by atoms with van der Waals surface area (Å²) in [6.07, 6.45) is 1.83. The van der Waals surface area contributed by atoms with Crippen LogP contribution in [0.25, 0.3) is 0 Å². The molecule has 0 saturated carbocycles. The summed E-state index contributed by atoms with van der Waals surface area (Å²) in [6, 6.07) is 0. The van der Waals surface area contributed by atoms with Crippen molar-refractivity contribution in [3.05, 3.63) is 10.2 Å². The van der Waals surface area contributed by atoms with E-state index < -0.39 is 8.07 Å². The molecule has 0 fully saturated rings. The summed E-state index contributed by atoms with van der Waals surface area (Å²) in [7, 11) is -1.16. The van der Waals surface area contributed by atoms with Crippen LogP contribution in [-0.4, -0.2) is 19.8 Å². The van der Waals surface area contributed by atoms with Crippen LogP contribution in [-0.2, 0) is 0 Å². The van der Waals surface area contributed by atoms with Crippen molar-refractivity contribution in [1.82, 2.24) is 0 Å². The highest BCUT2D eigenvalue weighted by atomic mass is 79.9. The first kappa shape index (κ1) is 9.40. The Kier molecular flexibility index (Phi) is 3.69. The van der Waals surface area contributed by atoms with Gasteiger partial charge in [0.15, 0.2) is 0 Å². The van der Waals surface area contributed by atoms with Gasteiger partial charge in [0.05, 0.1) is 14.7 Å². The van der Waals surface area contributed by atoms with Crippen molar-refractivity contribution in [2.75, 3.05) is 6.61 Å². The largest absolute Gasteiger partial charge is 0.392 e. The van der Waals surface area contributed by atoms with Crippen molar-refractivity contribution >= 4 is 24.0 Å². The molecule has 0 spiro atoms. The van der Waals surface area contributed by atoms with Gasteiger partial charge in [-0.15, -0.1) is 0 Å². The fourth-order valence-electron chi connectivity index (χ4n) is 0.386. The number of hydrogen-bond donors (Lipinski definition) is 1. The lowest BCUT2D eigenvalue weighted by Crippen LogP contribution is -2.20. The van der Waals surface area contributed by atoms with Gasteiger partial charge in [-0.05, 0) is 4.11 Å². The van der Waals surface area contributed by atoms with Crippen LogP contribution in [0, 0.1) is 0 Å². The van der Waals surface area contributed by atoms with E-state index in [1.165, 1.54) is 4.11 Å². The Morgan fingerprint density at radius 1 is 1.56 bits per heavy atom. The lowest BCUT2D eigenvalue weighted by atomic mass is 10.7. The van der Waals surface area contributed by atoms with Gasteiger partial charge in [0, 0.05) is 0 Å². The second kappa shape index (κ2) is 3.54. The average Bonchev–Trinajstić information content (AvgIpc) is 1.64. The van der Waals surface area contributed by atoms with Gasteiger partial charge in [-0.25, -0.2) is 0 Å². The lowest BCUT2D eigenvalue weighted by Gasteiger charge is -2.13.